The van der Waals surface area contributed by atoms with Gasteiger partial charge in [0, 0.05) is 24.0 Å². The Morgan fingerprint density at radius 2 is 2.05 bits per heavy atom. The molecular weight excluding hydrogens is 274 g/mol. The Morgan fingerprint density at radius 3 is 2.73 bits per heavy atom. The zero-order chi connectivity index (χ0) is 15.1. The Balaban J connectivity index is 1.47. The van der Waals surface area contributed by atoms with E-state index in [1.807, 2.05) is 0 Å². The maximum atomic E-state index is 12.8. The van der Waals surface area contributed by atoms with Gasteiger partial charge in [-0.15, -0.1) is 0 Å². The highest BCUT2D eigenvalue weighted by atomic mass is 16.1. The number of carbonyl (C=O) groups excluding carboxylic acids is 1. The van der Waals surface area contributed by atoms with Crippen LogP contribution in [0.1, 0.15) is 79.0 Å². The Labute approximate surface area is 132 Å². The normalized spacial score (nSPS) is 26.1. The van der Waals surface area contributed by atoms with Crippen molar-refractivity contribution in [2.45, 2.75) is 63.3 Å². The Bertz CT molecular complexity index is 557. The van der Waals surface area contributed by atoms with Crippen LogP contribution in [0.5, 0.6) is 0 Å². The summed E-state index contributed by atoms with van der Waals surface area (Å²) in [5.74, 6) is 1.43. The number of amides is 1. The third kappa shape index (κ3) is 2.94. The Hall–Kier alpha value is -1.29. The van der Waals surface area contributed by atoms with Gasteiger partial charge in [0.2, 0.25) is 0 Å². The number of aromatic nitrogens is 1. The first kappa shape index (κ1) is 14.3. The van der Waals surface area contributed by atoms with E-state index in [4.69, 9.17) is 0 Å². The number of piperidine rings is 1. The fourth-order valence-corrected chi connectivity index (χ4v) is 3.71. The summed E-state index contributed by atoms with van der Waals surface area (Å²) < 4.78 is 0. The van der Waals surface area contributed by atoms with Crippen LogP contribution in [-0.4, -0.2) is 41.5 Å². The zero-order valence-corrected chi connectivity index (χ0v) is 13.5. The van der Waals surface area contributed by atoms with Gasteiger partial charge in [0.05, 0.1) is 5.56 Å². The second-order valence-corrected chi connectivity index (χ2v) is 7.31. The van der Waals surface area contributed by atoms with Crippen LogP contribution < -0.4 is 5.32 Å². The van der Waals surface area contributed by atoms with Crippen molar-refractivity contribution >= 4 is 5.91 Å². The van der Waals surface area contributed by atoms with Gasteiger partial charge in [0.15, 0.2) is 0 Å². The van der Waals surface area contributed by atoms with Crippen LogP contribution in [0, 0.1) is 0 Å². The van der Waals surface area contributed by atoms with Crippen molar-refractivity contribution < 1.29 is 4.79 Å². The molecule has 0 spiro atoms. The first-order valence-corrected chi connectivity index (χ1v) is 9.00. The minimum Gasteiger partial charge on any atom is -0.361 e. The van der Waals surface area contributed by atoms with Crippen LogP contribution in [0.2, 0.25) is 0 Å². The van der Waals surface area contributed by atoms with Crippen molar-refractivity contribution in [3.8, 4) is 0 Å². The highest BCUT2D eigenvalue weighted by molar-refractivity contribution is 5.96. The standard InChI is InChI=1S/C18H27N3O/c1-2-21-9-3-4-14(11-21)19-18(22)15-10-16(12-5-6-12)20-17(15)13-7-8-13/h10,12-14,20H,2-9,11H2,1H3,(H,19,22). The van der Waals surface area contributed by atoms with Crippen LogP contribution in [0.15, 0.2) is 6.07 Å². The number of carbonyl (C=O) groups is 1. The molecule has 3 aliphatic rings. The third-order valence-corrected chi connectivity index (χ3v) is 5.40. The van der Waals surface area contributed by atoms with Gasteiger partial charge in [-0.05, 0) is 69.5 Å². The third-order valence-electron chi connectivity index (χ3n) is 5.40. The van der Waals surface area contributed by atoms with Crippen molar-refractivity contribution in [1.29, 1.82) is 0 Å². The fourth-order valence-electron chi connectivity index (χ4n) is 3.71. The first-order chi connectivity index (χ1) is 10.7. The molecule has 1 unspecified atom stereocenters. The highest BCUT2D eigenvalue weighted by Crippen LogP contribution is 2.45. The molecule has 1 atom stereocenters. The lowest BCUT2D eigenvalue weighted by Gasteiger charge is -2.32. The summed E-state index contributed by atoms with van der Waals surface area (Å²) in [7, 11) is 0. The van der Waals surface area contributed by atoms with E-state index in [2.05, 4.69) is 28.2 Å². The smallest absolute Gasteiger partial charge is 0.253 e. The van der Waals surface area contributed by atoms with Gasteiger partial charge in [0.25, 0.3) is 5.91 Å². The molecule has 0 radical (unpaired) electrons. The van der Waals surface area contributed by atoms with Gasteiger partial charge in [-0.3, -0.25) is 4.79 Å². The van der Waals surface area contributed by atoms with E-state index in [0.717, 1.165) is 25.1 Å². The van der Waals surface area contributed by atoms with E-state index >= 15 is 0 Å². The molecule has 2 N–H and O–H groups in total. The van der Waals surface area contributed by atoms with Crippen LogP contribution in [0.25, 0.3) is 0 Å². The van der Waals surface area contributed by atoms with Gasteiger partial charge in [-0.1, -0.05) is 6.92 Å². The second-order valence-electron chi connectivity index (χ2n) is 7.31. The Kier molecular flexibility index (Phi) is 3.73. The van der Waals surface area contributed by atoms with E-state index in [0.29, 0.717) is 17.9 Å². The van der Waals surface area contributed by atoms with E-state index in [-0.39, 0.29) is 5.91 Å². The number of likely N-dealkylation sites (N-methyl/N-ethyl adjacent to an activating group) is 1. The molecule has 4 heteroatoms. The molecule has 4 nitrogen and oxygen atoms in total. The molecule has 1 saturated heterocycles. The maximum absolute atomic E-state index is 12.8. The topological polar surface area (TPSA) is 48.1 Å². The van der Waals surface area contributed by atoms with Crippen molar-refractivity contribution in [2.75, 3.05) is 19.6 Å². The van der Waals surface area contributed by atoms with Gasteiger partial charge in [-0.25, -0.2) is 0 Å². The molecule has 1 aromatic heterocycles. The number of nitrogens with one attached hydrogen (secondary N) is 2. The maximum Gasteiger partial charge on any atom is 0.253 e. The molecule has 120 valence electrons. The summed E-state index contributed by atoms with van der Waals surface area (Å²) in [6.07, 6.45) is 7.32. The molecule has 0 aromatic carbocycles. The molecule has 2 aliphatic carbocycles. The van der Waals surface area contributed by atoms with Gasteiger partial charge in [0.1, 0.15) is 0 Å². The minimum atomic E-state index is 0.146. The number of hydrogen-bond donors (Lipinski definition) is 2. The molecule has 2 saturated carbocycles. The number of H-pyrrole nitrogens is 1. The molecule has 4 rings (SSSR count). The quantitative estimate of drug-likeness (QED) is 0.878. The van der Waals surface area contributed by atoms with Gasteiger partial charge >= 0.3 is 0 Å². The molecule has 3 fully saturated rings. The molecular formula is C18H27N3O. The lowest BCUT2D eigenvalue weighted by atomic mass is 10.0. The number of rotatable bonds is 5. The largest absolute Gasteiger partial charge is 0.361 e. The summed E-state index contributed by atoms with van der Waals surface area (Å²) in [5, 5.41) is 3.29. The lowest BCUT2D eigenvalue weighted by molar-refractivity contribution is 0.0905. The number of nitrogens with zero attached hydrogens (tertiary/aromatic N) is 1. The van der Waals surface area contributed by atoms with Crippen molar-refractivity contribution in [3.05, 3.63) is 23.0 Å². The van der Waals surface area contributed by atoms with E-state index < -0.39 is 0 Å². The predicted octanol–water partition coefficient (Wildman–Crippen LogP) is 2.98. The molecule has 2 heterocycles. The zero-order valence-electron chi connectivity index (χ0n) is 13.5. The van der Waals surface area contributed by atoms with Gasteiger partial charge < -0.3 is 15.2 Å². The summed E-state index contributed by atoms with van der Waals surface area (Å²) in [6, 6.07) is 2.45. The van der Waals surface area contributed by atoms with Crippen LogP contribution in [0.4, 0.5) is 0 Å². The van der Waals surface area contributed by atoms with Crippen LogP contribution in [0.3, 0.4) is 0 Å². The fraction of sp³-hybridized carbons (Fsp3) is 0.722. The van der Waals surface area contributed by atoms with E-state index in [1.54, 1.807) is 0 Å². The highest BCUT2D eigenvalue weighted by Gasteiger charge is 2.34. The molecule has 1 aromatic rings. The van der Waals surface area contributed by atoms with Crippen molar-refractivity contribution in [2.24, 2.45) is 0 Å². The van der Waals surface area contributed by atoms with E-state index in [1.165, 1.54) is 50.0 Å². The van der Waals surface area contributed by atoms with Crippen molar-refractivity contribution in [1.82, 2.24) is 15.2 Å². The van der Waals surface area contributed by atoms with Crippen LogP contribution >= 0.6 is 0 Å². The lowest BCUT2D eigenvalue weighted by Crippen LogP contribution is -2.47. The van der Waals surface area contributed by atoms with Crippen LogP contribution in [-0.2, 0) is 0 Å². The second kappa shape index (κ2) is 5.73. The first-order valence-electron chi connectivity index (χ1n) is 9.00. The number of likely N-dealkylation sites (tertiary alicyclic amines) is 1. The van der Waals surface area contributed by atoms with Gasteiger partial charge in [-0.2, -0.15) is 0 Å². The summed E-state index contributed by atoms with van der Waals surface area (Å²) >= 11 is 0. The number of hydrogen-bond acceptors (Lipinski definition) is 2. The molecule has 22 heavy (non-hydrogen) atoms. The number of aromatic amines is 1. The average Bonchev–Trinajstić information content (AvgIpc) is 3.45. The predicted molar refractivity (Wildman–Crippen MR) is 87.3 cm³/mol. The van der Waals surface area contributed by atoms with E-state index in [9.17, 15) is 4.79 Å². The minimum absolute atomic E-state index is 0.146. The molecule has 1 amide bonds. The average molecular weight is 301 g/mol. The van der Waals surface area contributed by atoms with Crippen molar-refractivity contribution in [3.63, 3.8) is 0 Å². The molecule has 1 aliphatic heterocycles. The summed E-state index contributed by atoms with van der Waals surface area (Å²) in [4.78, 5) is 18.8. The monoisotopic (exact) mass is 301 g/mol. The summed E-state index contributed by atoms with van der Waals surface area (Å²) in [6.45, 7) is 5.45. The molecule has 0 bridgehead atoms. The summed E-state index contributed by atoms with van der Waals surface area (Å²) in [5.41, 5.74) is 3.44. The SMILES string of the molecule is CCN1CCCC(NC(=O)c2cc(C3CC3)[nH]c2C2CC2)C1. The Morgan fingerprint density at radius 1 is 1.27 bits per heavy atom.